The van der Waals surface area contributed by atoms with Gasteiger partial charge in [0.25, 0.3) is 5.91 Å². The summed E-state index contributed by atoms with van der Waals surface area (Å²) in [6, 6.07) is 12.1. The second kappa shape index (κ2) is 16.5. The van der Waals surface area contributed by atoms with Gasteiger partial charge in [-0.15, -0.1) is 0 Å². The van der Waals surface area contributed by atoms with Crippen molar-refractivity contribution in [2.45, 2.75) is 90.1 Å². The molecule has 6 atom stereocenters. The van der Waals surface area contributed by atoms with Gasteiger partial charge in [-0.3, -0.25) is 19.4 Å². The fourth-order valence-electron chi connectivity index (χ4n) is 7.77. The second-order valence-electron chi connectivity index (χ2n) is 14.9. The van der Waals surface area contributed by atoms with Crippen molar-refractivity contribution in [2.24, 2.45) is 11.7 Å². The number of benzene rings is 2. The molecule has 2 fully saturated rings. The predicted molar refractivity (Wildman–Crippen MR) is 211 cm³/mol. The molecular weight excluding hydrogens is 729 g/mol. The van der Waals surface area contributed by atoms with Gasteiger partial charge in [-0.05, 0) is 56.7 Å². The summed E-state index contributed by atoms with van der Waals surface area (Å²) in [5.41, 5.74) is 11.7. The fourth-order valence-corrected chi connectivity index (χ4v) is 7.77. The number of aliphatic hydroxyl groups excluding tert-OH is 1. The summed E-state index contributed by atoms with van der Waals surface area (Å²) < 4.78 is 5.25. The number of aromatic nitrogens is 6. The zero-order valence-corrected chi connectivity index (χ0v) is 32.4. The molecule has 0 radical (unpaired) electrons. The smallest absolute Gasteiger partial charge is 0.405 e. The molecule has 57 heavy (non-hydrogen) atoms. The average Bonchev–Trinajstić information content (AvgIpc) is 4.04. The molecule has 2 aliphatic rings. The molecule has 298 valence electrons. The monoisotopic (exact) mass is 776 g/mol. The number of hydrogen-bond acceptors (Lipinski definition) is 10. The molecule has 6 N–H and O–H groups in total. The molecule has 7 rings (SSSR count). The van der Waals surface area contributed by atoms with Crippen LogP contribution >= 0.6 is 0 Å². The van der Waals surface area contributed by atoms with Gasteiger partial charge in [-0.25, -0.2) is 19.7 Å². The Bertz CT molecular complexity index is 2270. The van der Waals surface area contributed by atoms with Crippen molar-refractivity contribution in [1.82, 2.24) is 45.0 Å². The van der Waals surface area contributed by atoms with Crippen molar-refractivity contribution in [2.75, 3.05) is 13.1 Å². The van der Waals surface area contributed by atoms with E-state index in [2.05, 4.69) is 25.3 Å². The van der Waals surface area contributed by atoms with Crippen molar-refractivity contribution in [3.8, 4) is 33.8 Å². The van der Waals surface area contributed by atoms with Crippen LogP contribution in [-0.2, 0) is 19.1 Å². The number of ether oxygens (including phenoxy) is 1. The Morgan fingerprint density at radius 2 is 1.42 bits per heavy atom. The van der Waals surface area contributed by atoms with Gasteiger partial charge >= 0.3 is 6.09 Å². The third-order valence-corrected chi connectivity index (χ3v) is 11.0. The van der Waals surface area contributed by atoms with Crippen LogP contribution < -0.4 is 11.1 Å². The number of carbonyl (C=O) groups is 4. The van der Waals surface area contributed by atoms with Gasteiger partial charge in [0.1, 0.15) is 17.7 Å². The van der Waals surface area contributed by atoms with E-state index in [1.807, 2.05) is 56.3 Å². The van der Waals surface area contributed by atoms with Crippen molar-refractivity contribution in [3.63, 3.8) is 0 Å². The quantitative estimate of drug-likeness (QED) is 0.116. The summed E-state index contributed by atoms with van der Waals surface area (Å²) in [6.07, 6.45) is 5.98. The van der Waals surface area contributed by atoms with E-state index in [4.69, 9.17) is 20.4 Å². The van der Waals surface area contributed by atoms with Gasteiger partial charge in [0, 0.05) is 37.1 Å². The van der Waals surface area contributed by atoms with Crippen LogP contribution in [0.5, 0.6) is 0 Å². The molecule has 5 heterocycles. The van der Waals surface area contributed by atoms with Gasteiger partial charge in [0.05, 0.1) is 64.9 Å². The van der Waals surface area contributed by atoms with Crippen LogP contribution in [0, 0.1) is 5.92 Å². The van der Waals surface area contributed by atoms with E-state index in [1.165, 1.54) is 13.8 Å². The minimum atomic E-state index is -1.04. The summed E-state index contributed by atoms with van der Waals surface area (Å²) in [5.74, 6) is 0.153. The van der Waals surface area contributed by atoms with E-state index in [0.29, 0.717) is 48.8 Å². The highest BCUT2D eigenvalue weighted by molar-refractivity contribution is 5.88. The Hall–Kier alpha value is -6.16. The normalized spacial score (nSPS) is 19.0. The largest absolute Gasteiger partial charge is 0.436 e. The highest BCUT2D eigenvalue weighted by Crippen LogP contribution is 2.35. The number of primary amides is 1. The lowest BCUT2D eigenvalue weighted by molar-refractivity contribution is -0.144. The number of nitrogens with one attached hydrogen (secondary N) is 3. The number of rotatable bonds is 12. The van der Waals surface area contributed by atoms with Crippen LogP contribution in [0.25, 0.3) is 44.8 Å². The van der Waals surface area contributed by atoms with E-state index in [0.717, 1.165) is 52.9 Å². The summed E-state index contributed by atoms with van der Waals surface area (Å²) in [5, 5.41) is 12.8. The lowest BCUT2D eigenvalue weighted by atomic mass is 10.00. The second-order valence-corrected chi connectivity index (χ2v) is 14.9. The van der Waals surface area contributed by atoms with E-state index < -0.39 is 24.3 Å². The number of imidazole rings is 2. The predicted octanol–water partition coefficient (Wildman–Crippen LogP) is 4.80. The van der Waals surface area contributed by atoms with Gasteiger partial charge in [0.15, 0.2) is 6.10 Å². The van der Waals surface area contributed by atoms with Crippen LogP contribution in [0.1, 0.15) is 83.5 Å². The number of aromatic amines is 2. The zero-order valence-electron chi connectivity index (χ0n) is 32.4. The average molecular weight is 777 g/mol. The minimum Gasteiger partial charge on any atom is -0.436 e. The van der Waals surface area contributed by atoms with Crippen LogP contribution in [-0.4, -0.2) is 100.0 Å². The highest BCUT2D eigenvalue weighted by Gasteiger charge is 2.40. The maximum atomic E-state index is 13.5. The Balaban J connectivity index is 1.03. The molecule has 5 aromatic rings. The van der Waals surface area contributed by atoms with Crippen LogP contribution in [0.3, 0.4) is 0 Å². The van der Waals surface area contributed by atoms with Crippen molar-refractivity contribution in [1.29, 1.82) is 0 Å². The standard InChI is InChI=1S/C41H48N10O6/c1-5-22(2)36(57-41(42)56)40(55)51-17-7-9-34(51)38-44-20-31(48-38)26-12-10-25(11-13-26)30-19-43-29-18-27(14-15-28(29)47-30)32-21-45-37(49-32)33-8-6-16-50(33)39(54)35(23(3)52)46-24(4)53/h10-15,18-23,33-36,52H,5-9,16-17H2,1-4H3,(H2,42,56)(H,44,48)(H,45,49)(H,46,53)/t22?,23-,33+,34+,35+,36+/m1/s1. The summed E-state index contributed by atoms with van der Waals surface area (Å²) >= 11 is 0. The summed E-state index contributed by atoms with van der Waals surface area (Å²) in [4.78, 5) is 79.2. The molecule has 16 nitrogen and oxygen atoms in total. The van der Waals surface area contributed by atoms with E-state index >= 15 is 0 Å². The summed E-state index contributed by atoms with van der Waals surface area (Å²) in [7, 11) is 0. The maximum absolute atomic E-state index is 13.5. The molecule has 16 heteroatoms. The maximum Gasteiger partial charge on any atom is 0.405 e. The van der Waals surface area contributed by atoms with Crippen LogP contribution in [0.15, 0.2) is 61.1 Å². The molecule has 0 aliphatic carbocycles. The third kappa shape index (κ3) is 8.21. The van der Waals surface area contributed by atoms with Gasteiger partial charge in [-0.2, -0.15) is 0 Å². The SMILES string of the molecule is CCC(C)[C@H](OC(N)=O)C(=O)N1CCC[C@H]1c1ncc(-c2ccc(-c3cnc4cc(-c5cnc([C@@H]6CCCN6C(=O)[C@@H](NC(C)=O)[C@@H](C)O)[nH]5)ccc4n3)cc2)[nH]1. The number of H-pyrrole nitrogens is 2. The van der Waals surface area contributed by atoms with Crippen molar-refractivity contribution in [3.05, 3.63) is 72.7 Å². The molecule has 0 spiro atoms. The van der Waals surface area contributed by atoms with E-state index in [9.17, 15) is 24.3 Å². The Kier molecular flexibility index (Phi) is 11.3. The zero-order chi connectivity index (χ0) is 40.4. The molecule has 0 bridgehead atoms. The number of hydrogen-bond donors (Lipinski definition) is 5. The lowest BCUT2D eigenvalue weighted by Gasteiger charge is -2.29. The molecular formula is C41H48N10O6. The number of amides is 4. The first-order valence-corrected chi connectivity index (χ1v) is 19.4. The number of nitrogens with zero attached hydrogens (tertiary/aromatic N) is 6. The fraction of sp³-hybridized carbons (Fsp3) is 0.415. The van der Waals surface area contributed by atoms with Crippen molar-refractivity contribution < 1.29 is 29.0 Å². The molecule has 2 saturated heterocycles. The first-order valence-electron chi connectivity index (χ1n) is 19.4. The Morgan fingerprint density at radius 1 is 0.842 bits per heavy atom. The molecule has 1 unspecified atom stereocenters. The molecule has 0 saturated carbocycles. The molecule has 2 aromatic carbocycles. The van der Waals surface area contributed by atoms with Gasteiger partial charge in [-0.1, -0.05) is 44.2 Å². The third-order valence-electron chi connectivity index (χ3n) is 11.0. The number of likely N-dealkylation sites (tertiary alicyclic amines) is 2. The highest BCUT2D eigenvalue weighted by atomic mass is 16.6. The van der Waals surface area contributed by atoms with Crippen LogP contribution in [0.4, 0.5) is 4.79 Å². The topological polar surface area (TPSA) is 225 Å². The van der Waals surface area contributed by atoms with Gasteiger partial charge < -0.3 is 40.7 Å². The minimum absolute atomic E-state index is 0.178. The van der Waals surface area contributed by atoms with E-state index in [-0.39, 0.29) is 35.7 Å². The number of nitrogens with two attached hydrogens (primary N) is 1. The van der Waals surface area contributed by atoms with Crippen LogP contribution in [0.2, 0.25) is 0 Å². The number of aliphatic hydroxyl groups is 1. The first-order chi connectivity index (χ1) is 27.4. The Labute approximate surface area is 329 Å². The molecule has 2 aliphatic heterocycles. The first kappa shape index (κ1) is 39.1. The molecule has 4 amide bonds. The molecule has 3 aromatic heterocycles. The van der Waals surface area contributed by atoms with Crippen molar-refractivity contribution >= 4 is 34.8 Å². The van der Waals surface area contributed by atoms with E-state index in [1.54, 1.807) is 28.4 Å². The Morgan fingerprint density at radius 3 is 2.00 bits per heavy atom. The summed E-state index contributed by atoms with van der Waals surface area (Å²) in [6.45, 7) is 7.66. The number of fused-ring (bicyclic) bond motifs is 1. The van der Waals surface area contributed by atoms with Gasteiger partial charge in [0.2, 0.25) is 11.8 Å². The lowest BCUT2D eigenvalue weighted by Crippen LogP contribution is -2.53. The number of carbonyl (C=O) groups excluding carboxylic acids is 4.